The van der Waals surface area contributed by atoms with E-state index in [1.54, 1.807) is 0 Å². The van der Waals surface area contributed by atoms with Gasteiger partial charge in [0.2, 0.25) is 5.91 Å². The molecule has 1 amide bonds. The number of nitrogens with two attached hydrogens (primary N) is 1. The third-order valence-corrected chi connectivity index (χ3v) is 3.33. The summed E-state index contributed by atoms with van der Waals surface area (Å²) in [6, 6.07) is 0. The molecule has 0 aromatic carbocycles. The first-order chi connectivity index (χ1) is 8.60. The number of amides is 1. The van der Waals surface area contributed by atoms with Gasteiger partial charge in [0.25, 0.3) is 0 Å². The third kappa shape index (κ3) is 10.6. The van der Waals surface area contributed by atoms with Crippen LogP contribution < -0.4 is 11.1 Å². The van der Waals surface area contributed by atoms with Gasteiger partial charge in [0.05, 0.1) is 0 Å². The van der Waals surface area contributed by atoms with Gasteiger partial charge in [0.1, 0.15) is 0 Å². The Morgan fingerprint density at radius 1 is 1.17 bits per heavy atom. The fourth-order valence-electron chi connectivity index (χ4n) is 2.24. The minimum atomic E-state index is 0.205. The summed E-state index contributed by atoms with van der Waals surface area (Å²) in [4.78, 5) is 11.7. The molecular formula is C15H32N2O. The number of hydrogen-bond acceptors (Lipinski definition) is 2. The van der Waals surface area contributed by atoms with Gasteiger partial charge in [-0.1, -0.05) is 33.6 Å². The van der Waals surface area contributed by atoms with E-state index < -0.39 is 0 Å². The van der Waals surface area contributed by atoms with Crippen LogP contribution in [-0.2, 0) is 4.79 Å². The Labute approximate surface area is 113 Å². The minimum absolute atomic E-state index is 0.205. The quantitative estimate of drug-likeness (QED) is 0.558. The standard InChI is InChI=1S/C15H32N2O/c1-4-6-14(10-11-16)8-9-15(18)17-12-5-7-13(2)3/h13-14H,4-12,16H2,1-3H3,(H,17,18). The van der Waals surface area contributed by atoms with Gasteiger partial charge in [-0.3, -0.25) is 4.79 Å². The van der Waals surface area contributed by atoms with Crippen LogP contribution in [0.2, 0.25) is 0 Å². The van der Waals surface area contributed by atoms with Crippen LogP contribution in [0.3, 0.4) is 0 Å². The van der Waals surface area contributed by atoms with E-state index in [1.807, 2.05) is 0 Å². The molecule has 3 N–H and O–H groups in total. The van der Waals surface area contributed by atoms with E-state index in [1.165, 1.54) is 19.3 Å². The topological polar surface area (TPSA) is 55.1 Å². The first-order valence-corrected chi connectivity index (χ1v) is 7.56. The number of carbonyl (C=O) groups excluding carboxylic acids is 1. The zero-order chi connectivity index (χ0) is 13.8. The molecule has 0 saturated carbocycles. The molecule has 0 saturated heterocycles. The molecule has 0 aliphatic heterocycles. The van der Waals surface area contributed by atoms with Gasteiger partial charge in [-0.15, -0.1) is 0 Å². The highest BCUT2D eigenvalue weighted by atomic mass is 16.1. The van der Waals surface area contributed by atoms with Crippen LogP contribution in [0.5, 0.6) is 0 Å². The van der Waals surface area contributed by atoms with Crippen molar-refractivity contribution in [3.63, 3.8) is 0 Å². The summed E-state index contributed by atoms with van der Waals surface area (Å²) in [6.45, 7) is 8.18. The molecule has 0 aromatic heterocycles. The van der Waals surface area contributed by atoms with Crippen molar-refractivity contribution in [1.82, 2.24) is 5.32 Å². The van der Waals surface area contributed by atoms with E-state index in [0.717, 1.165) is 38.3 Å². The minimum Gasteiger partial charge on any atom is -0.356 e. The zero-order valence-electron chi connectivity index (χ0n) is 12.5. The third-order valence-electron chi connectivity index (χ3n) is 3.33. The maximum atomic E-state index is 11.7. The Kier molecular flexibility index (Phi) is 11.2. The largest absolute Gasteiger partial charge is 0.356 e. The van der Waals surface area contributed by atoms with Gasteiger partial charge in [-0.25, -0.2) is 0 Å². The van der Waals surface area contributed by atoms with Crippen molar-refractivity contribution < 1.29 is 4.79 Å². The molecule has 108 valence electrons. The molecule has 0 bridgehead atoms. The average molecular weight is 256 g/mol. The molecule has 18 heavy (non-hydrogen) atoms. The summed E-state index contributed by atoms with van der Waals surface area (Å²) in [5.74, 6) is 1.55. The smallest absolute Gasteiger partial charge is 0.220 e. The maximum Gasteiger partial charge on any atom is 0.220 e. The van der Waals surface area contributed by atoms with E-state index in [2.05, 4.69) is 26.1 Å². The van der Waals surface area contributed by atoms with Crippen molar-refractivity contribution in [2.24, 2.45) is 17.6 Å². The van der Waals surface area contributed by atoms with Gasteiger partial charge in [-0.05, 0) is 44.1 Å². The molecule has 1 atom stereocenters. The van der Waals surface area contributed by atoms with E-state index in [9.17, 15) is 4.79 Å². The molecule has 0 spiro atoms. The first kappa shape index (κ1) is 17.4. The predicted molar refractivity (Wildman–Crippen MR) is 78.4 cm³/mol. The molecule has 0 rings (SSSR count). The van der Waals surface area contributed by atoms with Gasteiger partial charge in [-0.2, -0.15) is 0 Å². The summed E-state index contributed by atoms with van der Waals surface area (Å²) in [5.41, 5.74) is 5.59. The van der Waals surface area contributed by atoms with Crippen molar-refractivity contribution >= 4 is 5.91 Å². The fourth-order valence-corrected chi connectivity index (χ4v) is 2.24. The highest BCUT2D eigenvalue weighted by Crippen LogP contribution is 2.16. The lowest BCUT2D eigenvalue weighted by Gasteiger charge is -2.14. The second kappa shape index (κ2) is 11.5. The van der Waals surface area contributed by atoms with E-state index in [0.29, 0.717) is 12.3 Å². The van der Waals surface area contributed by atoms with Crippen molar-refractivity contribution in [2.45, 2.75) is 65.7 Å². The Morgan fingerprint density at radius 2 is 1.89 bits per heavy atom. The maximum absolute atomic E-state index is 11.7. The zero-order valence-corrected chi connectivity index (χ0v) is 12.5. The van der Waals surface area contributed by atoms with Gasteiger partial charge in [0.15, 0.2) is 0 Å². The molecular weight excluding hydrogens is 224 g/mol. The second-order valence-electron chi connectivity index (χ2n) is 5.66. The average Bonchev–Trinajstić information content (AvgIpc) is 2.32. The molecule has 3 heteroatoms. The Hall–Kier alpha value is -0.570. The molecule has 0 aliphatic carbocycles. The lowest BCUT2D eigenvalue weighted by atomic mass is 9.94. The lowest BCUT2D eigenvalue weighted by Crippen LogP contribution is -2.25. The van der Waals surface area contributed by atoms with Crippen LogP contribution in [0.1, 0.15) is 65.7 Å². The molecule has 0 fully saturated rings. The highest BCUT2D eigenvalue weighted by molar-refractivity contribution is 5.75. The van der Waals surface area contributed by atoms with Crippen molar-refractivity contribution in [1.29, 1.82) is 0 Å². The van der Waals surface area contributed by atoms with Crippen molar-refractivity contribution in [3.8, 4) is 0 Å². The van der Waals surface area contributed by atoms with Crippen molar-refractivity contribution in [2.75, 3.05) is 13.1 Å². The first-order valence-electron chi connectivity index (χ1n) is 7.56. The monoisotopic (exact) mass is 256 g/mol. The highest BCUT2D eigenvalue weighted by Gasteiger charge is 2.09. The van der Waals surface area contributed by atoms with Gasteiger partial charge < -0.3 is 11.1 Å². The van der Waals surface area contributed by atoms with Crippen molar-refractivity contribution in [3.05, 3.63) is 0 Å². The van der Waals surface area contributed by atoms with Crippen LogP contribution in [0.25, 0.3) is 0 Å². The Bertz CT molecular complexity index is 199. The molecule has 3 nitrogen and oxygen atoms in total. The van der Waals surface area contributed by atoms with Gasteiger partial charge in [0, 0.05) is 13.0 Å². The van der Waals surface area contributed by atoms with Crippen LogP contribution in [0.4, 0.5) is 0 Å². The van der Waals surface area contributed by atoms with Crippen LogP contribution in [0.15, 0.2) is 0 Å². The normalized spacial score (nSPS) is 12.7. The SMILES string of the molecule is CCCC(CCN)CCC(=O)NCCCC(C)C. The molecule has 0 aliphatic rings. The summed E-state index contributed by atoms with van der Waals surface area (Å²) >= 11 is 0. The van der Waals surface area contributed by atoms with E-state index in [4.69, 9.17) is 5.73 Å². The summed E-state index contributed by atoms with van der Waals surface area (Å²) in [5, 5.41) is 3.01. The lowest BCUT2D eigenvalue weighted by molar-refractivity contribution is -0.121. The van der Waals surface area contributed by atoms with Crippen LogP contribution in [0, 0.1) is 11.8 Å². The summed E-state index contributed by atoms with van der Waals surface area (Å²) in [7, 11) is 0. The Morgan fingerprint density at radius 3 is 2.44 bits per heavy atom. The van der Waals surface area contributed by atoms with Crippen LogP contribution in [-0.4, -0.2) is 19.0 Å². The summed E-state index contributed by atoms with van der Waals surface area (Å²) < 4.78 is 0. The van der Waals surface area contributed by atoms with E-state index in [-0.39, 0.29) is 5.91 Å². The molecule has 0 heterocycles. The second-order valence-corrected chi connectivity index (χ2v) is 5.66. The molecule has 1 unspecified atom stereocenters. The Balaban J connectivity index is 3.60. The molecule has 0 aromatic rings. The molecule has 0 radical (unpaired) electrons. The number of nitrogens with one attached hydrogen (secondary N) is 1. The number of rotatable bonds is 11. The van der Waals surface area contributed by atoms with Crippen LogP contribution >= 0.6 is 0 Å². The fraction of sp³-hybridized carbons (Fsp3) is 0.933. The summed E-state index contributed by atoms with van der Waals surface area (Å²) in [6.07, 6.45) is 7.34. The van der Waals surface area contributed by atoms with E-state index >= 15 is 0 Å². The van der Waals surface area contributed by atoms with Gasteiger partial charge >= 0.3 is 0 Å². The number of hydrogen-bond donors (Lipinski definition) is 2. The number of carbonyl (C=O) groups is 1. The predicted octanol–water partition coefficient (Wildman–Crippen LogP) is 3.08.